The van der Waals surface area contributed by atoms with Crippen LogP contribution in [0.15, 0.2) is 35.5 Å². The minimum Gasteiger partial charge on any atom is -0.370 e. The summed E-state index contributed by atoms with van der Waals surface area (Å²) < 4.78 is 0. The number of nitrogens with one attached hydrogen (secondary N) is 3. The summed E-state index contributed by atoms with van der Waals surface area (Å²) >= 11 is 0. The molecule has 49 heavy (non-hydrogen) atoms. The molecule has 0 aliphatic rings. The third-order valence-corrected chi connectivity index (χ3v) is 7.86. The molecule has 2 rings (SSSR count). The molecule has 1 unspecified atom stereocenters. The zero-order valence-corrected chi connectivity index (χ0v) is 28.3. The first-order chi connectivity index (χ1) is 23.4. The Labute approximate surface area is 286 Å². The molecule has 11 N–H and O–H groups in total. The number of benzene rings is 1. The first-order valence-electron chi connectivity index (χ1n) is 16.6. The number of aromatic nitrogens is 2. The SMILES string of the molecule is CCCCC(CC(=O)[C@H](CCCC)NC(=O)c1cnc2ccccc2n1)C(=O)N[C@@H](CCC(N)=O)C(=O)N[C@@H](CCCN=C(N)N)C(N)=O. The zero-order valence-electron chi connectivity index (χ0n) is 28.3. The van der Waals surface area contributed by atoms with E-state index in [4.69, 9.17) is 22.9 Å². The van der Waals surface area contributed by atoms with Gasteiger partial charge in [0.05, 0.1) is 23.3 Å². The molecule has 2 aromatic rings. The van der Waals surface area contributed by atoms with Crippen LogP contribution < -0.4 is 38.9 Å². The number of para-hydroxylation sites is 2. The molecule has 1 heterocycles. The number of nitrogens with zero attached hydrogens (tertiary/aromatic N) is 3. The lowest BCUT2D eigenvalue weighted by Crippen LogP contribution is -2.54. The minimum absolute atomic E-state index is 0.0575. The van der Waals surface area contributed by atoms with E-state index in [0.717, 1.165) is 12.8 Å². The number of nitrogens with two attached hydrogens (primary N) is 4. The van der Waals surface area contributed by atoms with Crippen molar-refractivity contribution < 1.29 is 28.8 Å². The van der Waals surface area contributed by atoms with E-state index in [9.17, 15) is 28.8 Å². The van der Waals surface area contributed by atoms with Crippen molar-refractivity contribution in [2.45, 2.75) is 103 Å². The highest BCUT2D eigenvalue weighted by molar-refractivity contribution is 5.99. The van der Waals surface area contributed by atoms with Gasteiger partial charge in [0.15, 0.2) is 11.7 Å². The lowest BCUT2D eigenvalue weighted by Gasteiger charge is -2.25. The van der Waals surface area contributed by atoms with Crippen molar-refractivity contribution in [2.75, 3.05) is 6.54 Å². The van der Waals surface area contributed by atoms with E-state index in [-0.39, 0.29) is 49.7 Å². The number of primary amides is 2. The largest absolute Gasteiger partial charge is 0.370 e. The molecule has 0 saturated carbocycles. The molecule has 5 amide bonds. The molecule has 1 aromatic heterocycles. The Morgan fingerprint density at radius 3 is 2.02 bits per heavy atom. The topological polar surface area (TPSA) is 281 Å². The van der Waals surface area contributed by atoms with Gasteiger partial charge in [-0.1, -0.05) is 51.7 Å². The number of hydrogen-bond donors (Lipinski definition) is 7. The van der Waals surface area contributed by atoms with Gasteiger partial charge >= 0.3 is 0 Å². The number of rotatable bonds is 23. The number of aliphatic imine (C=N–C) groups is 1. The van der Waals surface area contributed by atoms with Gasteiger partial charge in [0, 0.05) is 25.3 Å². The van der Waals surface area contributed by atoms with Crippen LogP contribution in [-0.2, 0) is 24.0 Å². The number of amides is 5. The summed E-state index contributed by atoms with van der Waals surface area (Å²) in [5.74, 6) is -4.71. The molecule has 1 aromatic carbocycles. The molecular formula is C33H50N10O6. The van der Waals surface area contributed by atoms with Crippen molar-refractivity contribution in [3.8, 4) is 0 Å². The molecule has 0 radical (unpaired) electrons. The predicted octanol–water partition coefficient (Wildman–Crippen LogP) is 0.458. The standard InChI is InChI=1S/C33H50N10O6/c1-3-5-10-20(18-27(44)23(11-6-4-2)41-32(49)26-19-39-21-12-7-8-13-22(21)40-26)30(47)43-25(15-16-28(34)45)31(48)42-24(29(35)46)14-9-17-38-33(36)37/h7-8,12-13,19-20,23-25H,3-6,9-11,14-18H2,1-2H3,(H2,34,45)(H2,35,46)(H,41,49)(H,42,48)(H,43,47)(H4,36,37,38)/t20?,23-,24-,25-/m0/s1. The first-order valence-corrected chi connectivity index (χ1v) is 16.6. The second-order valence-corrected chi connectivity index (χ2v) is 11.9. The van der Waals surface area contributed by atoms with Crippen molar-refractivity contribution >= 4 is 52.3 Å². The Hall–Kier alpha value is -5.15. The van der Waals surface area contributed by atoms with Crippen LogP contribution in [0.5, 0.6) is 0 Å². The zero-order chi connectivity index (χ0) is 36.3. The summed E-state index contributed by atoms with van der Waals surface area (Å²) in [4.78, 5) is 89.9. The molecule has 0 fully saturated rings. The van der Waals surface area contributed by atoms with Crippen molar-refractivity contribution in [1.82, 2.24) is 25.9 Å². The van der Waals surface area contributed by atoms with Gasteiger partial charge in [-0.25, -0.2) is 4.98 Å². The minimum atomic E-state index is -1.25. The highest BCUT2D eigenvalue weighted by atomic mass is 16.2. The number of guanidine groups is 1. The monoisotopic (exact) mass is 682 g/mol. The maximum atomic E-state index is 13.7. The third-order valence-electron chi connectivity index (χ3n) is 7.86. The first kappa shape index (κ1) is 40.0. The molecule has 0 spiro atoms. The van der Waals surface area contributed by atoms with Crippen LogP contribution in [0.2, 0.25) is 0 Å². The maximum absolute atomic E-state index is 13.7. The molecule has 0 saturated heterocycles. The fourth-order valence-corrected chi connectivity index (χ4v) is 5.09. The van der Waals surface area contributed by atoms with Crippen LogP contribution in [0.4, 0.5) is 0 Å². The highest BCUT2D eigenvalue weighted by Gasteiger charge is 2.31. The molecule has 16 heteroatoms. The van der Waals surface area contributed by atoms with Crippen molar-refractivity contribution in [1.29, 1.82) is 0 Å². The van der Waals surface area contributed by atoms with Crippen LogP contribution in [0, 0.1) is 5.92 Å². The molecule has 0 aliphatic carbocycles. The number of Topliss-reactive ketones (excluding diaryl/α,β-unsaturated/α-hetero) is 1. The predicted molar refractivity (Wildman–Crippen MR) is 184 cm³/mol. The van der Waals surface area contributed by atoms with E-state index in [1.54, 1.807) is 18.2 Å². The number of fused-ring (bicyclic) bond motifs is 1. The van der Waals surface area contributed by atoms with Crippen LogP contribution in [0.25, 0.3) is 11.0 Å². The lowest BCUT2D eigenvalue weighted by molar-refractivity contribution is -0.135. The average molecular weight is 683 g/mol. The van der Waals surface area contributed by atoms with Crippen LogP contribution in [-0.4, -0.2) is 75.9 Å². The van der Waals surface area contributed by atoms with Gasteiger partial charge in [-0.3, -0.25) is 38.7 Å². The molecule has 4 atom stereocenters. The van der Waals surface area contributed by atoms with Crippen molar-refractivity contribution in [3.05, 3.63) is 36.2 Å². The van der Waals surface area contributed by atoms with Gasteiger partial charge in [-0.05, 0) is 44.2 Å². The van der Waals surface area contributed by atoms with Gasteiger partial charge in [-0.15, -0.1) is 0 Å². The molecular weight excluding hydrogens is 632 g/mol. The number of carbonyl (C=O) groups excluding carboxylic acids is 6. The second kappa shape index (κ2) is 21.0. The molecule has 268 valence electrons. The quantitative estimate of drug-likeness (QED) is 0.0483. The number of carbonyl (C=O) groups is 6. The van der Waals surface area contributed by atoms with Gasteiger partial charge in [0.25, 0.3) is 5.91 Å². The summed E-state index contributed by atoms with van der Waals surface area (Å²) in [5.41, 5.74) is 22.7. The number of ketones is 1. The molecule has 0 aliphatic heterocycles. The number of hydrogen-bond acceptors (Lipinski definition) is 9. The van der Waals surface area contributed by atoms with Crippen molar-refractivity contribution in [2.24, 2.45) is 33.8 Å². The summed E-state index contributed by atoms with van der Waals surface area (Å²) in [6.45, 7) is 4.10. The van der Waals surface area contributed by atoms with Gasteiger partial charge in [0.2, 0.25) is 23.6 Å². The van der Waals surface area contributed by atoms with Gasteiger partial charge in [0.1, 0.15) is 17.8 Å². The lowest BCUT2D eigenvalue weighted by atomic mass is 9.90. The van der Waals surface area contributed by atoms with E-state index < -0.39 is 53.6 Å². The van der Waals surface area contributed by atoms with E-state index in [2.05, 4.69) is 30.9 Å². The fraction of sp³-hybridized carbons (Fsp3) is 0.545. The van der Waals surface area contributed by atoms with Crippen molar-refractivity contribution in [3.63, 3.8) is 0 Å². The number of unbranched alkanes of at least 4 members (excludes halogenated alkanes) is 2. The summed E-state index contributed by atoms with van der Waals surface area (Å²) in [5, 5.41) is 7.96. The Bertz CT molecular complexity index is 1480. The smallest absolute Gasteiger partial charge is 0.272 e. The Kier molecular flexibility index (Phi) is 17.1. The van der Waals surface area contributed by atoms with Gasteiger partial charge in [-0.2, -0.15) is 0 Å². The highest BCUT2D eigenvalue weighted by Crippen LogP contribution is 2.18. The van der Waals surface area contributed by atoms with E-state index in [0.29, 0.717) is 43.1 Å². The van der Waals surface area contributed by atoms with E-state index >= 15 is 0 Å². The summed E-state index contributed by atoms with van der Waals surface area (Å²) in [6, 6.07) is 3.86. The van der Waals surface area contributed by atoms with E-state index in [1.807, 2.05) is 19.9 Å². The summed E-state index contributed by atoms with van der Waals surface area (Å²) in [7, 11) is 0. The molecule has 0 bridgehead atoms. The normalized spacial score (nSPS) is 13.3. The third kappa shape index (κ3) is 14.2. The average Bonchev–Trinajstić information content (AvgIpc) is 3.06. The van der Waals surface area contributed by atoms with Gasteiger partial charge < -0.3 is 38.9 Å². The van der Waals surface area contributed by atoms with E-state index in [1.165, 1.54) is 6.20 Å². The fourth-order valence-electron chi connectivity index (χ4n) is 5.09. The van der Waals surface area contributed by atoms with Crippen LogP contribution in [0.1, 0.15) is 95.0 Å². The second-order valence-electron chi connectivity index (χ2n) is 11.9. The van der Waals surface area contributed by atoms with Crippen LogP contribution >= 0.6 is 0 Å². The Morgan fingerprint density at radius 2 is 1.39 bits per heavy atom. The maximum Gasteiger partial charge on any atom is 0.272 e. The van der Waals surface area contributed by atoms with Crippen LogP contribution in [0.3, 0.4) is 0 Å². The Balaban J connectivity index is 2.21. The Morgan fingerprint density at radius 1 is 0.755 bits per heavy atom. The summed E-state index contributed by atoms with van der Waals surface area (Å²) in [6.07, 6.45) is 4.66. The molecule has 16 nitrogen and oxygen atoms in total.